The molecule has 0 aliphatic rings. The summed E-state index contributed by atoms with van der Waals surface area (Å²) in [7, 11) is 0. The van der Waals surface area contributed by atoms with E-state index in [1.807, 2.05) is 20.8 Å². The lowest BCUT2D eigenvalue weighted by molar-refractivity contribution is -0.125. The summed E-state index contributed by atoms with van der Waals surface area (Å²) in [4.78, 5) is 23.4. The molecule has 2 amide bonds. The molecule has 0 aliphatic heterocycles. The fourth-order valence-electron chi connectivity index (χ4n) is 1.83. The molecule has 1 aromatic rings. The predicted octanol–water partition coefficient (Wildman–Crippen LogP) is 1.75. The molecular weight excluding hydrogens is 290 g/mol. The first kappa shape index (κ1) is 17.5. The van der Waals surface area contributed by atoms with E-state index in [1.54, 1.807) is 24.3 Å². The molecule has 116 valence electrons. The zero-order valence-electron chi connectivity index (χ0n) is 12.5. The molecule has 1 aromatic carbocycles. The topological polar surface area (TPSA) is 98.2 Å². The zero-order valence-corrected chi connectivity index (χ0v) is 13.3. The summed E-state index contributed by atoms with van der Waals surface area (Å²) < 4.78 is 0. The zero-order chi connectivity index (χ0) is 16.2. The van der Waals surface area contributed by atoms with Gasteiger partial charge in [-0.25, -0.2) is 0 Å². The number of hydrogen-bond acceptors (Lipinski definition) is 3. The maximum Gasteiger partial charge on any atom is 0.237 e. The highest BCUT2D eigenvalue weighted by Crippen LogP contribution is 2.22. The Morgan fingerprint density at radius 3 is 2.43 bits per heavy atom. The molecule has 0 radical (unpaired) electrons. The molecule has 1 rings (SSSR count). The summed E-state index contributed by atoms with van der Waals surface area (Å²) >= 11 is 5.94. The highest BCUT2D eigenvalue weighted by atomic mass is 35.5. The second kappa shape index (κ2) is 6.91. The lowest BCUT2D eigenvalue weighted by atomic mass is 9.86. The summed E-state index contributed by atoms with van der Waals surface area (Å²) in [6, 6.07) is 5.71. The third-order valence-electron chi connectivity index (χ3n) is 3.19. The molecule has 0 unspecified atom stereocenters. The molecule has 0 saturated carbocycles. The van der Waals surface area contributed by atoms with E-state index in [0.717, 1.165) is 5.56 Å². The van der Waals surface area contributed by atoms with Gasteiger partial charge in [0.1, 0.15) is 0 Å². The number of benzene rings is 1. The van der Waals surface area contributed by atoms with Crippen molar-refractivity contribution in [2.24, 2.45) is 16.9 Å². The number of carbonyl (C=O) groups is 2. The van der Waals surface area contributed by atoms with Crippen LogP contribution in [0.3, 0.4) is 0 Å². The lowest BCUT2D eigenvalue weighted by Crippen LogP contribution is -2.49. The van der Waals surface area contributed by atoms with Gasteiger partial charge in [-0.15, -0.1) is 0 Å². The van der Waals surface area contributed by atoms with Crippen LogP contribution in [0.25, 0.3) is 0 Å². The molecule has 6 heteroatoms. The molecule has 0 saturated heterocycles. The minimum atomic E-state index is -0.688. The first-order chi connectivity index (χ1) is 9.61. The Morgan fingerprint density at radius 1 is 1.33 bits per heavy atom. The number of nitrogens with two attached hydrogens (primary N) is 2. The molecule has 5 N–H and O–H groups in total. The Balaban J connectivity index is 2.94. The van der Waals surface area contributed by atoms with Crippen LogP contribution in [0.1, 0.15) is 38.8 Å². The van der Waals surface area contributed by atoms with Gasteiger partial charge in [-0.2, -0.15) is 0 Å². The number of nitrogens with one attached hydrogen (secondary N) is 1. The summed E-state index contributed by atoms with van der Waals surface area (Å²) in [5.41, 5.74) is 11.5. The molecule has 0 aromatic heterocycles. The number of primary amides is 1. The Labute approximate surface area is 130 Å². The van der Waals surface area contributed by atoms with Gasteiger partial charge in [0.2, 0.25) is 11.8 Å². The fraction of sp³-hybridized carbons (Fsp3) is 0.467. The van der Waals surface area contributed by atoms with Crippen molar-refractivity contribution in [3.05, 3.63) is 34.9 Å². The Morgan fingerprint density at radius 2 is 1.95 bits per heavy atom. The summed E-state index contributed by atoms with van der Waals surface area (Å²) in [5, 5.41) is 3.30. The predicted molar refractivity (Wildman–Crippen MR) is 83.6 cm³/mol. The number of hydrogen-bond donors (Lipinski definition) is 3. The monoisotopic (exact) mass is 311 g/mol. The van der Waals surface area contributed by atoms with Gasteiger partial charge in [0.25, 0.3) is 0 Å². The van der Waals surface area contributed by atoms with Crippen LogP contribution in [-0.4, -0.2) is 17.9 Å². The first-order valence-electron chi connectivity index (χ1n) is 6.71. The third kappa shape index (κ3) is 5.36. The lowest BCUT2D eigenvalue weighted by Gasteiger charge is -2.28. The Hall–Kier alpha value is -1.59. The number of carbonyl (C=O) groups excluding carboxylic acids is 2. The molecule has 5 nitrogen and oxygen atoms in total. The van der Waals surface area contributed by atoms with Crippen LogP contribution in [-0.2, 0) is 9.59 Å². The van der Waals surface area contributed by atoms with Crippen LogP contribution in [0.4, 0.5) is 0 Å². The maximum absolute atomic E-state index is 12.2. The third-order valence-corrected chi connectivity index (χ3v) is 3.42. The number of amides is 2. The summed E-state index contributed by atoms with van der Waals surface area (Å²) in [6.07, 6.45) is -0.0110. The van der Waals surface area contributed by atoms with E-state index in [9.17, 15) is 9.59 Å². The van der Waals surface area contributed by atoms with E-state index in [0.29, 0.717) is 5.02 Å². The van der Waals surface area contributed by atoms with E-state index in [2.05, 4.69) is 5.32 Å². The van der Waals surface area contributed by atoms with Crippen LogP contribution < -0.4 is 16.8 Å². The molecule has 0 spiro atoms. The maximum atomic E-state index is 12.2. The van der Waals surface area contributed by atoms with Crippen LogP contribution in [0.5, 0.6) is 0 Å². The van der Waals surface area contributed by atoms with Crippen molar-refractivity contribution in [2.75, 3.05) is 0 Å². The van der Waals surface area contributed by atoms with Crippen molar-refractivity contribution in [1.29, 1.82) is 0 Å². The van der Waals surface area contributed by atoms with E-state index < -0.39 is 18.0 Å². The van der Waals surface area contributed by atoms with Crippen LogP contribution in [0.2, 0.25) is 5.02 Å². The van der Waals surface area contributed by atoms with Crippen molar-refractivity contribution in [1.82, 2.24) is 5.32 Å². The van der Waals surface area contributed by atoms with Gasteiger partial charge in [0.15, 0.2) is 0 Å². The van der Waals surface area contributed by atoms with Crippen LogP contribution in [0.15, 0.2) is 24.3 Å². The average molecular weight is 312 g/mol. The molecule has 0 aliphatic carbocycles. The van der Waals surface area contributed by atoms with Crippen LogP contribution in [0, 0.1) is 5.41 Å². The molecule has 21 heavy (non-hydrogen) atoms. The average Bonchev–Trinajstić information content (AvgIpc) is 2.35. The normalized spacial score (nSPS) is 14.3. The fourth-order valence-corrected chi connectivity index (χ4v) is 2.03. The van der Waals surface area contributed by atoms with Crippen LogP contribution >= 0.6 is 11.6 Å². The highest BCUT2D eigenvalue weighted by molar-refractivity contribution is 6.30. The Bertz CT molecular complexity index is 526. The minimum Gasteiger partial charge on any atom is -0.370 e. The van der Waals surface area contributed by atoms with E-state index >= 15 is 0 Å². The highest BCUT2D eigenvalue weighted by Gasteiger charge is 2.29. The minimum absolute atomic E-state index is 0.0110. The number of rotatable bonds is 5. The van der Waals surface area contributed by atoms with E-state index in [4.69, 9.17) is 23.1 Å². The summed E-state index contributed by atoms with van der Waals surface area (Å²) in [5.74, 6) is -0.835. The van der Waals surface area contributed by atoms with Gasteiger partial charge < -0.3 is 16.8 Å². The van der Waals surface area contributed by atoms with Gasteiger partial charge in [-0.05, 0) is 23.1 Å². The first-order valence-corrected chi connectivity index (χ1v) is 7.09. The van der Waals surface area contributed by atoms with Gasteiger partial charge >= 0.3 is 0 Å². The second-order valence-electron chi connectivity index (χ2n) is 6.13. The molecule has 0 heterocycles. The van der Waals surface area contributed by atoms with Crippen molar-refractivity contribution in [3.63, 3.8) is 0 Å². The van der Waals surface area contributed by atoms with Crippen molar-refractivity contribution in [3.8, 4) is 0 Å². The van der Waals surface area contributed by atoms with E-state index in [-0.39, 0.29) is 17.7 Å². The second-order valence-corrected chi connectivity index (χ2v) is 6.57. The van der Waals surface area contributed by atoms with Gasteiger partial charge in [0, 0.05) is 5.02 Å². The quantitative estimate of drug-likeness (QED) is 0.772. The molecule has 2 atom stereocenters. The molecule has 0 bridgehead atoms. The largest absolute Gasteiger partial charge is 0.370 e. The molecule has 0 fully saturated rings. The molecular formula is C15H22ClN3O2. The Kier molecular flexibility index (Phi) is 5.75. The smallest absolute Gasteiger partial charge is 0.237 e. The van der Waals surface area contributed by atoms with Crippen molar-refractivity contribution in [2.45, 2.75) is 39.3 Å². The van der Waals surface area contributed by atoms with Crippen molar-refractivity contribution < 1.29 is 9.59 Å². The standard InChI is InChI=1S/C15H22ClN3O2/c1-15(2,3)13(18)14(21)19-11(8-12(17)20)9-5-4-6-10(16)7-9/h4-7,11,13H,8,18H2,1-3H3,(H2,17,20)(H,19,21)/t11-,13-/m1/s1. The van der Waals surface area contributed by atoms with Crippen molar-refractivity contribution >= 4 is 23.4 Å². The summed E-state index contributed by atoms with van der Waals surface area (Å²) in [6.45, 7) is 5.62. The van der Waals surface area contributed by atoms with Gasteiger partial charge in [0.05, 0.1) is 18.5 Å². The van der Waals surface area contributed by atoms with Gasteiger partial charge in [-0.3, -0.25) is 9.59 Å². The SMILES string of the molecule is CC(C)(C)[C@H](N)C(=O)N[C@H](CC(N)=O)c1cccc(Cl)c1. The van der Waals surface area contributed by atoms with E-state index in [1.165, 1.54) is 0 Å². The van der Waals surface area contributed by atoms with Gasteiger partial charge in [-0.1, -0.05) is 44.5 Å². The number of halogens is 1.